The Morgan fingerprint density at radius 3 is 1.28 bits per heavy atom. The van der Waals surface area contributed by atoms with Gasteiger partial charge in [-0.2, -0.15) is 10.2 Å². The number of methoxy groups -OCH3 is 4. The van der Waals surface area contributed by atoms with Gasteiger partial charge in [-0.05, 0) is 36.4 Å². The molecule has 0 atom stereocenters. The van der Waals surface area contributed by atoms with Gasteiger partial charge < -0.3 is 28.4 Å². The number of hydrogen-bond acceptors (Lipinski definition) is 14. The van der Waals surface area contributed by atoms with E-state index in [0.717, 1.165) is 33.6 Å². The molecule has 0 unspecified atom stereocenters. The van der Waals surface area contributed by atoms with E-state index in [1.165, 1.54) is 22.7 Å². The standard InChI is InChI=1S/C40H38N6O6S2/c1-47-33-19-27(23-41-45-39-43-31(25-53-39)29-13-7-5-8-14-29)20-34(48-2)37(33)51-17-11-12-18-52-38-35(49-3)21-28(22-36(38)50-4)24-42-46-40-44-32(26-54-40)30-15-9-6-10-16-30/h5-16,19-26H,17-18H2,1-4H3,(H,43,45)(H,44,46)/b12-11+,41-23+,42-24+. The molecule has 0 fully saturated rings. The molecule has 0 bridgehead atoms. The quantitative estimate of drug-likeness (QED) is 0.0498. The third kappa shape index (κ3) is 9.73. The highest BCUT2D eigenvalue weighted by atomic mass is 32.1. The maximum absolute atomic E-state index is 6.04. The lowest BCUT2D eigenvalue weighted by Crippen LogP contribution is -2.03. The zero-order chi connectivity index (χ0) is 37.5. The third-order valence-corrected chi connectivity index (χ3v) is 9.17. The maximum Gasteiger partial charge on any atom is 0.203 e. The Kier molecular flexibility index (Phi) is 13.1. The molecule has 2 aromatic heterocycles. The Balaban J connectivity index is 1.02. The van der Waals surface area contributed by atoms with Crippen molar-refractivity contribution in [3.05, 3.63) is 119 Å². The molecule has 6 rings (SSSR count). The molecule has 2 heterocycles. The SMILES string of the molecule is COc1cc(/C=N/Nc2nc(-c3ccccc3)cs2)cc(OC)c1OC/C=C/COc1c(OC)cc(/C=N/Nc2nc(-c3ccccc3)cs2)cc1OC. The van der Waals surface area contributed by atoms with E-state index in [-0.39, 0.29) is 13.2 Å². The van der Waals surface area contributed by atoms with Crippen LogP contribution in [0.2, 0.25) is 0 Å². The summed E-state index contributed by atoms with van der Waals surface area (Å²) in [5, 5.41) is 14.0. The molecule has 0 aliphatic carbocycles. The molecule has 0 aliphatic heterocycles. The lowest BCUT2D eigenvalue weighted by atomic mass is 10.2. The number of ether oxygens (including phenoxy) is 6. The molecule has 0 saturated carbocycles. The molecule has 4 aromatic carbocycles. The number of rotatable bonds is 18. The van der Waals surface area contributed by atoms with Gasteiger partial charge in [-0.1, -0.05) is 60.7 Å². The zero-order valence-electron chi connectivity index (χ0n) is 30.0. The van der Waals surface area contributed by atoms with Crippen LogP contribution in [0.15, 0.2) is 118 Å². The Hall–Kier alpha value is -6.38. The van der Waals surface area contributed by atoms with Gasteiger partial charge in [0.05, 0.1) is 52.3 Å². The fourth-order valence-corrected chi connectivity index (χ4v) is 6.43. The molecular formula is C40H38N6O6S2. The molecule has 6 aromatic rings. The van der Waals surface area contributed by atoms with Crippen LogP contribution in [0.3, 0.4) is 0 Å². The van der Waals surface area contributed by atoms with E-state index in [4.69, 9.17) is 28.4 Å². The van der Waals surface area contributed by atoms with Crippen molar-refractivity contribution < 1.29 is 28.4 Å². The van der Waals surface area contributed by atoms with Crippen molar-refractivity contribution in [2.45, 2.75) is 0 Å². The summed E-state index contributed by atoms with van der Waals surface area (Å²) < 4.78 is 34.5. The van der Waals surface area contributed by atoms with Gasteiger partial charge in [-0.25, -0.2) is 9.97 Å². The maximum atomic E-state index is 6.04. The summed E-state index contributed by atoms with van der Waals surface area (Å²) >= 11 is 2.95. The van der Waals surface area contributed by atoms with Gasteiger partial charge in [0.1, 0.15) is 13.2 Å². The zero-order valence-corrected chi connectivity index (χ0v) is 31.6. The first kappa shape index (κ1) is 37.4. The van der Waals surface area contributed by atoms with Crippen molar-refractivity contribution in [1.82, 2.24) is 9.97 Å². The highest BCUT2D eigenvalue weighted by Gasteiger charge is 2.15. The molecule has 14 heteroatoms. The van der Waals surface area contributed by atoms with Crippen LogP contribution in [-0.2, 0) is 0 Å². The number of aromatic nitrogens is 2. The van der Waals surface area contributed by atoms with Crippen molar-refractivity contribution in [3.63, 3.8) is 0 Å². The van der Waals surface area contributed by atoms with Crippen molar-refractivity contribution in [2.75, 3.05) is 52.5 Å². The Bertz CT molecular complexity index is 2000. The molecule has 0 amide bonds. The fourth-order valence-electron chi connectivity index (χ4n) is 5.09. The topological polar surface area (TPSA) is 130 Å². The van der Waals surface area contributed by atoms with Crippen LogP contribution in [0.1, 0.15) is 11.1 Å². The first-order valence-electron chi connectivity index (χ1n) is 16.6. The second-order valence-corrected chi connectivity index (χ2v) is 12.9. The molecule has 0 spiro atoms. The summed E-state index contributed by atoms with van der Waals surface area (Å²) in [5.41, 5.74) is 11.4. The van der Waals surface area contributed by atoms with E-state index < -0.39 is 0 Å². The molecule has 0 saturated heterocycles. The minimum atomic E-state index is 0.238. The minimum absolute atomic E-state index is 0.238. The monoisotopic (exact) mass is 762 g/mol. The van der Waals surface area contributed by atoms with Gasteiger partial charge in [0.15, 0.2) is 23.0 Å². The first-order valence-corrected chi connectivity index (χ1v) is 18.4. The summed E-state index contributed by atoms with van der Waals surface area (Å²) in [6, 6.07) is 27.2. The van der Waals surface area contributed by atoms with Gasteiger partial charge in [-0.15, -0.1) is 22.7 Å². The van der Waals surface area contributed by atoms with Crippen LogP contribution in [0.25, 0.3) is 22.5 Å². The van der Waals surface area contributed by atoms with E-state index in [0.29, 0.717) is 44.8 Å². The normalized spacial score (nSPS) is 11.3. The number of hydrazone groups is 2. The molecule has 276 valence electrons. The van der Waals surface area contributed by atoms with Gasteiger partial charge in [-0.3, -0.25) is 10.9 Å². The number of nitrogens with one attached hydrogen (secondary N) is 2. The van der Waals surface area contributed by atoms with E-state index in [9.17, 15) is 0 Å². The van der Waals surface area contributed by atoms with Crippen molar-refractivity contribution in [3.8, 4) is 57.0 Å². The van der Waals surface area contributed by atoms with Crippen molar-refractivity contribution >= 4 is 45.4 Å². The van der Waals surface area contributed by atoms with Crippen LogP contribution >= 0.6 is 22.7 Å². The molecule has 12 nitrogen and oxygen atoms in total. The van der Waals surface area contributed by atoms with Gasteiger partial charge >= 0.3 is 0 Å². The van der Waals surface area contributed by atoms with E-state index in [1.54, 1.807) is 40.9 Å². The van der Waals surface area contributed by atoms with Gasteiger partial charge in [0.2, 0.25) is 21.8 Å². The summed E-state index contributed by atoms with van der Waals surface area (Å²) in [6.07, 6.45) is 7.00. The van der Waals surface area contributed by atoms with Gasteiger partial charge in [0, 0.05) is 33.0 Å². The third-order valence-electron chi connectivity index (χ3n) is 7.68. The Labute approximate surface area is 321 Å². The first-order chi connectivity index (χ1) is 26.6. The summed E-state index contributed by atoms with van der Waals surface area (Å²) in [6.45, 7) is 0.475. The number of hydrogen-bond donors (Lipinski definition) is 2. The second kappa shape index (κ2) is 18.9. The van der Waals surface area contributed by atoms with E-state index >= 15 is 0 Å². The Morgan fingerprint density at radius 2 is 0.926 bits per heavy atom. The number of anilines is 2. The number of benzene rings is 4. The number of thiazole rings is 2. The summed E-state index contributed by atoms with van der Waals surface area (Å²) in [5.74, 6) is 2.92. The molecule has 0 radical (unpaired) electrons. The predicted molar refractivity (Wildman–Crippen MR) is 217 cm³/mol. The molecule has 54 heavy (non-hydrogen) atoms. The second-order valence-electron chi connectivity index (χ2n) is 11.2. The van der Waals surface area contributed by atoms with Crippen LogP contribution in [0.5, 0.6) is 34.5 Å². The minimum Gasteiger partial charge on any atom is -0.493 e. The highest BCUT2D eigenvalue weighted by Crippen LogP contribution is 2.39. The fraction of sp³-hybridized carbons (Fsp3) is 0.150. The van der Waals surface area contributed by atoms with E-state index in [1.807, 2.05) is 108 Å². The van der Waals surface area contributed by atoms with Crippen LogP contribution in [0, 0.1) is 0 Å². The van der Waals surface area contributed by atoms with E-state index in [2.05, 4.69) is 31.0 Å². The Morgan fingerprint density at radius 1 is 0.556 bits per heavy atom. The van der Waals surface area contributed by atoms with Gasteiger partial charge in [0.25, 0.3) is 0 Å². The lowest BCUT2D eigenvalue weighted by molar-refractivity contribution is 0.294. The number of nitrogens with zero attached hydrogens (tertiary/aromatic N) is 4. The smallest absolute Gasteiger partial charge is 0.203 e. The van der Waals surface area contributed by atoms with Crippen molar-refractivity contribution in [2.24, 2.45) is 10.2 Å². The average Bonchev–Trinajstić information content (AvgIpc) is 3.90. The summed E-state index contributed by atoms with van der Waals surface area (Å²) in [7, 11) is 6.29. The lowest BCUT2D eigenvalue weighted by Gasteiger charge is -2.15. The average molecular weight is 763 g/mol. The molecule has 0 aliphatic rings. The predicted octanol–water partition coefficient (Wildman–Crippen LogP) is 8.87. The summed E-state index contributed by atoms with van der Waals surface area (Å²) in [4.78, 5) is 9.20. The molecular weight excluding hydrogens is 725 g/mol. The van der Waals surface area contributed by atoms with Crippen LogP contribution < -0.4 is 39.3 Å². The van der Waals surface area contributed by atoms with Crippen molar-refractivity contribution in [1.29, 1.82) is 0 Å². The highest BCUT2D eigenvalue weighted by molar-refractivity contribution is 7.14. The van der Waals surface area contributed by atoms with Crippen LogP contribution in [0.4, 0.5) is 10.3 Å². The largest absolute Gasteiger partial charge is 0.493 e. The van der Waals surface area contributed by atoms with Crippen LogP contribution in [-0.4, -0.2) is 64.1 Å². The molecule has 2 N–H and O–H groups in total.